The van der Waals surface area contributed by atoms with E-state index in [0.29, 0.717) is 11.3 Å². The number of alkyl halides is 1. The largest absolute Gasteiger partial charge is 0.371 e. The molecule has 6 heterocycles. The zero-order chi connectivity index (χ0) is 21.1. The molecule has 2 unspecified atom stereocenters. The van der Waals surface area contributed by atoms with Crippen molar-refractivity contribution in [2.75, 3.05) is 36.4 Å². The first kappa shape index (κ1) is 18.5. The number of nitrogens with zero attached hydrogens (tertiary/aromatic N) is 5. The van der Waals surface area contributed by atoms with E-state index >= 15 is 0 Å². The van der Waals surface area contributed by atoms with Crippen LogP contribution in [0.2, 0.25) is 0 Å². The minimum atomic E-state index is -0.980. The lowest BCUT2D eigenvalue weighted by Gasteiger charge is -2.47. The Bertz CT molecular complexity index is 1160. The van der Waals surface area contributed by atoms with Gasteiger partial charge in [0.25, 0.3) is 0 Å². The Morgan fingerprint density at radius 3 is 2.68 bits per heavy atom. The fourth-order valence-corrected chi connectivity index (χ4v) is 4.33. The molecule has 3 aromatic rings. The van der Waals surface area contributed by atoms with Gasteiger partial charge in [-0.15, -0.1) is 5.10 Å². The molecule has 4 aliphatic rings. The highest BCUT2D eigenvalue weighted by Crippen LogP contribution is 2.32. The number of urea groups is 1. The van der Waals surface area contributed by atoms with Crippen LogP contribution in [0.4, 0.5) is 25.0 Å². The molecule has 160 valence electrons. The van der Waals surface area contributed by atoms with Crippen LogP contribution in [0.3, 0.4) is 0 Å². The number of aromatic nitrogens is 3. The maximum Gasteiger partial charge on any atom is 0.322 e. The molecule has 8 nitrogen and oxygen atoms in total. The minimum Gasteiger partial charge on any atom is -0.371 e. The van der Waals surface area contributed by atoms with Gasteiger partial charge in [0.1, 0.15) is 17.7 Å². The quantitative estimate of drug-likeness (QED) is 0.697. The fourth-order valence-electron chi connectivity index (χ4n) is 4.33. The molecule has 4 saturated heterocycles. The van der Waals surface area contributed by atoms with Crippen molar-refractivity contribution < 1.29 is 18.3 Å². The Morgan fingerprint density at radius 1 is 1.16 bits per heavy atom. The first-order valence-corrected chi connectivity index (χ1v) is 10.3. The van der Waals surface area contributed by atoms with Crippen LogP contribution in [-0.4, -0.2) is 70.3 Å². The number of likely N-dealkylation sites (tertiary alicyclic amines) is 1. The predicted molar refractivity (Wildman–Crippen MR) is 110 cm³/mol. The van der Waals surface area contributed by atoms with Crippen LogP contribution in [0.25, 0.3) is 16.7 Å². The monoisotopic (exact) mass is 426 g/mol. The summed E-state index contributed by atoms with van der Waals surface area (Å²) in [6.07, 6.45) is 4.21. The van der Waals surface area contributed by atoms with Gasteiger partial charge in [0.15, 0.2) is 5.65 Å². The van der Waals surface area contributed by atoms with Crippen molar-refractivity contribution in [1.29, 1.82) is 0 Å². The number of piperidine rings is 1. The Hall–Kier alpha value is -3.27. The number of fused-ring (bicyclic) bond motifs is 3. The molecule has 2 aromatic heterocycles. The third-order valence-corrected chi connectivity index (χ3v) is 6.04. The standard InChI is InChI=1S/C21H20F2N6O2/c22-13-8-28(9-13)21(30)25-14-1-2-18(23)19(4-14)29-7-12-3-15(6-24-20(12)26-29)27-10-16-5-17(11-27)31-16/h1-4,6-7,13,16-17H,5,8-11H2,(H,25,30). The van der Waals surface area contributed by atoms with E-state index in [1.807, 2.05) is 6.07 Å². The third kappa shape index (κ3) is 3.27. The maximum absolute atomic E-state index is 14.6. The molecule has 0 aliphatic carbocycles. The van der Waals surface area contributed by atoms with Gasteiger partial charge in [-0.2, -0.15) is 0 Å². The number of pyridine rings is 1. The number of carbonyl (C=O) groups is 1. The lowest BCUT2D eigenvalue weighted by atomic mass is 9.98. The molecule has 10 heteroatoms. The molecule has 1 aromatic carbocycles. The molecule has 4 fully saturated rings. The molecule has 2 atom stereocenters. The van der Waals surface area contributed by atoms with Gasteiger partial charge in [-0.3, -0.25) is 0 Å². The van der Waals surface area contributed by atoms with Crippen LogP contribution < -0.4 is 10.2 Å². The van der Waals surface area contributed by atoms with E-state index in [4.69, 9.17) is 4.74 Å². The zero-order valence-electron chi connectivity index (χ0n) is 16.5. The van der Waals surface area contributed by atoms with E-state index in [1.54, 1.807) is 12.4 Å². The summed E-state index contributed by atoms with van der Waals surface area (Å²) in [6.45, 7) is 1.83. The van der Waals surface area contributed by atoms with Gasteiger partial charge < -0.3 is 19.9 Å². The second-order valence-corrected chi connectivity index (χ2v) is 8.30. The molecular formula is C21H20F2N6O2. The van der Waals surface area contributed by atoms with Crippen LogP contribution in [-0.2, 0) is 4.74 Å². The van der Waals surface area contributed by atoms with Crippen molar-refractivity contribution in [3.63, 3.8) is 0 Å². The molecule has 0 saturated carbocycles. The van der Waals surface area contributed by atoms with Crippen LogP contribution >= 0.6 is 0 Å². The number of hydrogen-bond donors (Lipinski definition) is 1. The van der Waals surface area contributed by atoms with Crippen molar-refractivity contribution >= 4 is 28.4 Å². The van der Waals surface area contributed by atoms with Crippen LogP contribution in [0.15, 0.2) is 36.7 Å². The van der Waals surface area contributed by atoms with Crippen molar-refractivity contribution in [2.45, 2.75) is 24.8 Å². The Labute approximate surface area is 176 Å². The van der Waals surface area contributed by atoms with E-state index in [2.05, 4.69) is 20.3 Å². The second kappa shape index (κ2) is 6.88. The summed E-state index contributed by atoms with van der Waals surface area (Å²) < 4.78 is 34.6. The predicted octanol–water partition coefficient (Wildman–Crippen LogP) is 2.72. The second-order valence-electron chi connectivity index (χ2n) is 8.30. The smallest absolute Gasteiger partial charge is 0.322 e. The average molecular weight is 426 g/mol. The van der Waals surface area contributed by atoms with E-state index in [1.165, 1.54) is 27.8 Å². The number of anilines is 2. The normalized spacial score (nSPS) is 22.9. The molecular weight excluding hydrogens is 406 g/mol. The SMILES string of the molecule is O=C(Nc1ccc(F)c(-n2cc3cc(N4CC5CC(C4)O5)cnc3n2)c1)N1CC(F)C1. The van der Waals surface area contributed by atoms with Crippen LogP contribution in [0, 0.1) is 5.82 Å². The molecule has 0 spiro atoms. The summed E-state index contributed by atoms with van der Waals surface area (Å²) in [5.74, 6) is -0.480. The molecule has 2 bridgehead atoms. The number of morpholine rings is 1. The first-order chi connectivity index (χ1) is 15.0. The van der Waals surface area contributed by atoms with Crippen molar-refractivity contribution in [3.05, 3.63) is 42.5 Å². The third-order valence-electron chi connectivity index (χ3n) is 6.04. The maximum atomic E-state index is 14.6. The number of hydrogen-bond acceptors (Lipinski definition) is 5. The number of ether oxygens (including phenoxy) is 1. The number of rotatable bonds is 3. The van der Waals surface area contributed by atoms with Crippen LogP contribution in [0.5, 0.6) is 0 Å². The van der Waals surface area contributed by atoms with Gasteiger partial charge in [-0.25, -0.2) is 23.2 Å². The van der Waals surface area contributed by atoms with Crippen molar-refractivity contribution in [3.8, 4) is 5.69 Å². The molecule has 7 rings (SSSR count). The molecule has 0 radical (unpaired) electrons. The summed E-state index contributed by atoms with van der Waals surface area (Å²) in [7, 11) is 0. The molecule has 1 N–H and O–H groups in total. The van der Waals surface area contributed by atoms with Gasteiger partial charge >= 0.3 is 6.03 Å². The van der Waals surface area contributed by atoms with E-state index in [0.717, 1.165) is 30.6 Å². The Balaban J connectivity index is 1.26. The molecule has 4 aliphatic heterocycles. The van der Waals surface area contributed by atoms with Gasteiger partial charge in [-0.05, 0) is 24.3 Å². The van der Waals surface area contributed by atoms with Gasteiger partial charge in [0.2, 0.25) is 0 Å². The summed E-state index contributed by atoms with van der Waals surface area (Å²) >= 11 is 0. The van der Waals surface area contributed by atoms with Crippen molar-refractivity contribution in [2.24, 2.45) is 0 Å². The number of amides is 2. The van der Waals surface area contributed by atoms with Gasteiger partial charge in [-0.1, -0.05) is 0 Å². The lowest BCUT2D eigenvalue weighted by Crippen LogP contribution is -2.57. The van der Waals surface area contributed by atoms with E-state index in [-0.39, 0.29) is 31.0 Å². The highest BCUT2D eigenvalue weighted by atomic mass is 19.1. The van der Waals surface area contributed by atoms with Crippen LogP contribution in [0.1, 0.15) is 6.42 Å². The number of benzene rings is 1. The van der Waals surface area contributed by atoms with Gasteiger partial charge in [0.05, 0.1) is 37.2 Å². The molecule has 2 amide bonds. The highest BCUT2D eigenvalue weighted by molar-refractivity contribution is 5.90. The first-order valence-electron chi connectivity index (χ1n) is 10.3. The fraction of sp³-hybridized carbons (Fsp3) is 0.381. The minimum absolute atomic E-state index is 0.0725. The number of halogens is 2. The Kier molecular flexibility index (Phi) is 4.10. The van der Waals surface area contributed by atoms with Crippen molar-refractivity contribution in [1.82, 2.24) is 19.7 Å². The lowest BCUT2D eigenvalue weighted by molar-refractivity contribution is -0.133. The topological polar surface area (TPSA) is 75.5 Å². The average Bonchev–Trinajstić information content (AvgIpc) is 3.15. The number of carbonyl (C=O) groups excluding carboxylic acids is 1. The summed E-state index contributed by atoms with van der Waals surface area (Å²) in [4.78, 5) is 20.2. The Morgan fingerprint density at radius 2 is 1.94 bits per heavy atom. The van der Waals surface area contributed by atoms with Gasteiger partial charge in [0, 0.05) is 36.8 Å². The zero-order valence-corrected chi connectivity index (χ0v) is 16.5. The highest BCUT2D eigenvalue weighted by Gasteiger charge is 2.38. The number of nitrogens with one attached hydrogen (secondary N) is 1. The molecule has 31 heavy (non-hydrogen) atoms. The van der Waals surface area contributed by atoms with E-state index in [9.17, 15) is 13.6 Å². The summed E-state index contributed by atoms with van der Waals surface area (Å²) in [5.41, 5.74) is 2.10. The summed E-state index contributed by atoms with van der Waals surface area (Å²) in [5, 5.41) is 7.86. The van der Waals surface area contributed by atoms with E-state index < -0.39 is 18.0 Å². The summed E-state index contributed by atoms with van der Waals surface area (Å²) in [6, 6.07) is 5.82.